The third kappa shape index (κ3) is 5.24. The number of hydrogen-bond donors (Lipinski definition) is 2. The molecule has 2 aromatic carbocycles. The smallest absolute Gasteiger partial charge is 0.319 e. The van der Waals surface area contributed by atoms with Crippen molar-refractivity contribution in [3.63, 3.8) is 0 Å². The van der Waals surface area contributed by atoms with Gasteiger partial charge in [0.15, 0.2) is 11.5 Å². The second kappa shape index (κ2) is 9.27. The van der Waals surface area contributed by atoms with Crippen molar-refractivity contribution < 1.29 is 23.9 Å². The van der Waals surface area contributed by atoms with Gasteiger partial charge in [-0.15, -0.1) is 0 Å². The zero-order valence-electron chi connectivity index (χ0n) is 15.3. The standard InChI is InChI=1S/C18H21N3O6/c1-25-15-7-5-13(21(23)24)11-14(15)20-18(22)19-9-8-12-4-6-16(26-2)17(10-12)27-3/h4-7,10-11H,8-9H2,1-3H3,(H2,19,20,22). The van der Waals surface area contributed by atoms with Crippen molar-refractivity contribution in [3.8, 4) is 17.2 Å². The normalized spacial score (nSPS) is 10.0. The highest BCUT2D eigenvalue weighted by Crippen LogP contribution is 2.29. The van der Waals surface area contributed by atoms with Crippen LogP contribution >= 0.6 is 0 Å². The summed E-state index contributed by atoms with van der Waals surface area (Å²) in [6.45, 7) is 0.360. The molecule has 9 nitrogen and oxygen atoms in total. The van der Waals surface area contributed by atoms with Crippen LogP contribution in [0.1, 0.15) is 5.56 Å². The summed E-state index contributed by atoms with van der Waals surface area (Å²) in [5, 5.41) is 16.1. The first-order valence-electron chi connectivity index (χ1n) is 8.06. The van der Waals surface area contributed by atoms with Crippen molar-refractivity contribution in [2.75, 3.05) is 33.2 Å². The van der Waals surface area contributed by atoms with Gasteiger partial charge in [0.2, 0.25) is 0 Å². The van der Waals surface area contributed by atoms with Gasteiger partial charge < -0.3 is 24.8 Å². The molecular formula is C18H21N3O6. The van der Waals surface area contributed by atoms with E-state index in [0.29, 0.717) is 30.2 Å². The molecule has 0 bridgehead atoms. The molecule has 0 unspecified atom stereocenters. The number of hydrogen-bond acceptors (Lipinski definition) is 6. The number of non-ortho nitro benzene ring substituents is 1. The van der Waals surface area contributed by atoms with E-state index in [1.807, 2.05) is 12.1 Å². The van der Waals surface area contributed by atoms with Gasteiger partial charge in [0.1, 0.15) is 5.75 Å². The lowest BCUT2D eigenvalue weighted by molar-refractivity contribution is -0.384. The van der Waals surface area contributed by atoms with Gasteiger partial charge in [-0.05, 0) is 30.2 Å². The number of nitro groups is 1. The van der Waals surface area contributed by atoms with E-state index in [-0.39, 0.29) is 11.4 Å². The molecule has 9 heteroatoms. The molecule has 0 fully saturated rings. The molecule has 0 saturated heterocycles. The molecule has 0 aliphatic heterocycles. The number of carbonyl (C=O) groups is 1. The van der Waals surface area contributed by atoms with Crippen LogP contribution in [0.2, 0.25) is 0 Å². The summed E-state index contributed by atoms with van der Waals surface area (Å²) < 4.78 is 15.5. The lowest BCUT2D eigenvalue weighted by Crippen LogP contribution is -2.30. The van der Waals surface area contributed by atoms with Crippen molar-refractivity contribution in [3.05, 3.63) is 52.1 Å². The number of nitrogens with zero attached hydrogens (tertiary/aromatic N) is 1. The van der Waals surface area contributed by atoms with Crippen molar-refractivity contribution in [2.45, 2.75) is 6.42 Å². The highest BCUT2D eigenvalue weighted by molar-refractivity contribution is 5.91. The molecule has 0 atom stereocenters. The first-order valence-corrected chi connectivity index (χ1v) is 8.06. The topological polar surface area (TPSA) is 112 Å². The molecule has 144 valence electrons. The van der Waals surface area contributed by atoms with Crippen LogP contribution < -0.4 is 24.8 Å². The molecule has 2 aromatic rings. The van der Waals surface area contributed by atoms with Crippen molar-refractivity contribution in [1.29, 1.82) is 0 Å². The number of nitro benzene ring substituents is 1. The number of ether oxygens (including phenoxy) is 3. The van der Waals surface area contributed by atoms with Gasteiger partial charge in [0.25, 0.3) is 5.69 Å². The summed E-state index contributed by atoms with van der Waals surface area (Å²) in [5.41, 5.74) is 1.03. The van der Waals surface area contributed by atoms with E-state index >= 15 is 0 Å². The van der Waals surface area contributed by atoms with Crippen LogP contribution in [-0.2, 0) is 6.42 Å². The molecule has 0 radical (unpaired) electrons. The Morgan fingerprint density at radius 3 is 2.30 bits per heavy atom. The van der Waals surface area contributed by atoms with E-state index < -0.39 is 11.0 Å². The molecule has 0 saturated carbocycles. The van der Waals surface area contributed by atoms with E-state index in [2.05, 4.69) is 10.6 Å². The Labute approximate surface area is 156 Å². The number of nitrogens with one attached hydrogen (secondary N) is 2. The van der Waals surface area contributed by atoms with Crippen LogP contribution in [0, 0.1) is 10.1 Å². The Bertz CT molecular complexity index is 825. The minimum absolute atomic E-state index is 0.142. The van der Waals surface area contributed by atoms with E-state index in [1.54, 1.807) is 20.3 Å². The van der Waals surface area contributed by atoms with Gasteiger partial charge in [-0.1, -0.05) is 6.07 Å². The van der Waals surface area contributed by atoms with E-state index in [0.717, 1.165) is 5.56 Å². The molecule has 0 aromatic heterocycles. The predicted molar refractivity (Wildman–Crippen MR) is 99.9 cm³/mol. The zero-order chi connectivity index (χ0) is 19.8. The molecule has 0 heterocycles. The van der Waals surface area contributed by atoms with Gasteiger partial charge in [-0.3, -0.25) is 10.1 Å². The Morgan fingerprint density at radius 1 is 1.00 bits per heavy atom. The molecule has 0 spiro atoms. The molecule has 2 rings (SSSR count). The zero-order valence-corrected chi connectivity index (χ0v) is 15.3. The Kier molecular flexibility index (Phi) is 6.81. The number of benzene rings is 2. The summed E-state index contributed by atoms with van der Waals surface area (Å²) >= 11 is 0. The molecule has 0 aliphatic rings. The van der Waals surface area contributed by atoms with Crippen LogP contribution in [0.25, 0.3) is 0 Å². The quantitative estimate of drug-likeness (QED) is 0.542. The summed E-state index contributed by atoms with van der Waals surface area (Å²) in [7, 11) is 4.53. The maximum absolute atomic E-state index is 12.1. The van der Waals surface area contributed by atoms with Gasteiger partial charge >= 0.3 is 6.03 Å². The second-order valence-electron chi connectivity index (χ2n) is 5.46. The fraction of sp³-hybridized carbons (Fsp3) is 0.278. The highest BCUT2D eigenvalue weighted by Gasteiger charge is 2.13. The molecule has 2 amide bonds. The fourth-order valence-electron chi connectivity index (χ4n) is 2.43. The van der Waals surface area contributed by atoms with Crippen molar-refractivity contribution in [1.82, 2.24) is 5.32 Å². The summed E-state index contributed by atoms with van der Waals surface area (Å²) in [5.74, 6) is 1.57. The van der Waals surface area contributed by atoms with Crippen LogP contribution in [0.5, 0.6) is 17.2 Å². The van der Waals surface area contributed by atoms with E-state index in [9.17, 15) is 14.9 Å². The largest absolute Gasteiger partial charge is 0.495 e. The predicted octanol–water partition coefficient (Wildman–Crippen LogP) is 2.98. The van der Waals surface area contributed by atoms with Crippen LogP contribution in [0.4, 0.5) is 16.2 Å². The lowest BCUT2D eigenvalue weighted by atomic mass is 10.1. The summed E-state index contributed by atoms with van der Waals surface area (Å²) in [6, 6.07) is 8.99. The Hall–Kier alpha value is -3.49. The molecular weight excluding hydrogens is 354 g/mol. The Morgan fingerprint density at radius 2 is 1.67 bits per heavy atom. The number of amides is 2. The highest BCUT2D eigenvalue weighted by atomic mass is 16.6. The third-order valence-corrected chi connectivity index (χ3v) is 3.79. The van der Waals surface area contributed by atoms with Gasteiger partial charge in [-0.2, -0.15) is 0 Å². The second-order valence-corrected chi connectivity index (χ2v) is 5.46. The fourth-order valence-corrected chi connectivity index (χ4v) is 2.43. The van der Waals surface area contributed by atoms with Gasteiger partial charge in [0, 0.05) is 18.7 Å². The number of carbonyl (C=O) groups excluding carboxylic acids is 1. The average molecular weight is 375 g/mol. The SMILES string of the molecule is COc1ccc([N+](=O)[O-])cc1NC(=O)NCCc1ccc(OC)c(OC)c1. The number of rotatable bonds is 8. The van der Waals surface area contributed by atoms with E-state index in [4.69, 9.17) is 14.2 Å². The van der Waals surface area contributed by atoms with E-state index in [1.165, 1.54) is 25.3 Å². The van der Waals surface area contributed by atoms with Crippen LogP contribution in [0.15, 0.2) is 36.4 Å². The minimum atomic E-state index is -0.542. The number of methoxy groups -OCH3 is 3. The first kappa shape index (κ1) is 19.8. The number of anilines is 1. The van der Waals surface area contributed by atoms with Crippen molar-refractivity contribution >= 4 is 17.4 Å². The Balaban J connectivity index is 1.95. The minimum Gasteiger partial charge on any atom is -0.495 e. The van der Waals surface area contributed by atoms with Crippen LogP contribution in [0.3, 0.4) is 0 Å². The summed E-state index contributed by atoms with van der Waals surface area (Å²) in [4.78, 5) is 22.4. The molecule has 27 heavy (non-hydrogen) atoms. The van der Waals surface area contributed by atoms with Gasteiger partial charge in [-0.25, -0.2) is 4.79 Å². The first-order chi connectivity index (χ1) is 13.0. The lowest BCUT2D eigenvalue weighted by Gasteiger charge is -2.12. The third-order valence-electron chi connectivity index (χ3n) is 3.79. The molecule has 2 N–H and O–H groups in total. The number of urea groups is 1. The van der Waals surface area contributed by atoms with Crippen molar-refractivity contribution in [2.24, 2.45) is 0 Å². The maximum atomic E-state index is 12.1. The van der Waals surface area contributed by atoms with Crippen LogP contribution in [-0.4, -0.2) is 38.8 Å². The molecule has 0 aliphatic carbocycles. The summed E-state index contributed by atoms with van der Waals surface area (Å²) in [6.07, 6.45) is 0.569. The average Bonchev–Trinajstić information content (AvgIpc) is 2.67. The van der Waals surface area contributed by atoms with Gasteiger partial charge in [0.05, 0.1) is 31.9 Å². The maximum Gasteiger partial charge on any atom is 0.319 e. The monoisotopic (exact) mass is 375 g/mol.